The van der Waals surface area contributed by atoms with Gasteiger partial charge in [0.2, 0.25) is 5.91 Å². The molecule has 0 radical (unpaired) electrons. The number of aliphatic hydroxyl groups excluding tert-OH is 3. The van der Waals surface area contributed by atoms with Crippen molar-refractivity contribution in [2.75, 3.05) is 41.7 Å². The number of halogens is 2. The molecular formula is C23H30Cl2N4O6. The highest BCUT2D eigenvalue weighted by atomic mass is 35.5. The van der Waals surface area contributed by atoms with Crippen LogP contribution in [0.1, 0.15) is 24.6 Å². The SMILES string of the molecule is O=C(CCCc1ccc(N(CCCl)CCCl)cc1)Nc1ccn([C@@H]2O[C@H](CO)[C@@H](O)[C@@H]2O)c(=O)n1. The van der Waals surface area contributed by atoms with Crippen LogP contribution in [0, 0.1) is 0 Å². The van der Waals surface area contributed by atoms with Crippen LogP contribution in [0.4, 0.5) is 11.5 Å². The molecule has 4 N–H and O–H groups in total. The smallest absolute Gasteiger partial charge is 0.351 e. The maximum atomic E-state index is 12.4. The van der Waals surface area contributed by atoms with Crippen molar-refractivity contribution in [3.63, 3.8) is 0 Å². The van der Waals surface area contributed by atoms with Crippen LogP contribution in [0.2, 0.25) is 0 Å². The van der Waals surface area contributed by atoms with E-state index in [9.17, 15) is 24.9 Å². The van der Waals surface area contributed by atoms with Crippen LogP contribution in [0.5, 0.6) is 0 Å². The fraction of sp³-hybridized carbons (Fsp3) is 0.522. The monoisotopic (exact) mass is 528 g/mol. The second-order valence-corrected chi connectivity index (χ2v) is 8.92. The number of nitrogens with zero attached hydrogens (tertiary/aromatic N) is 3. The zero-order valence-corrected chi connectivity index (χ0v) is 20.6. The predicted molar refractivity (Wildman–Crippen MR) is 133 cm³/mol. The number of aromatic nitrogens is 2. The first-order chi connectivity index (χ1) is 16.9. The van der Waals surface area contributed by atoms with E-state index in [-0.39, 0.29) is 18.1 Å². The van der Waals surface area contributed by atoms with Gasteiger partial charge in [-0.3, -0.25) is 9.36 Å². The Morgan fingerprint density at radius 3 is 2.37 bits per heavy atom. The highest BCUT2D eigenvalue weighted by Gasteiger charge is 2.43. The van der Waals surface area contributed by atoms with Gasteiger partial charge in [0.1, 0.15) is 24.1 Å². The van der Waals surface area contributed by atoms with Crippen LogP contribution in [0.15, 0.2) is 41.3 Å². The maximum Gasteiger partial charge on any atom is 0.351 e. The average Bonchev–Trinajstić information content (AvgIpc) is 3.13. The third kappa shape index (κ3) is 7.16. The number of aliphatic hydroxyl groups is 3. The number of amides is 1. The van der Waals surface area contributed by atoms with Gasteiger partial charge in [0.15, 0.2) is 6.23 Å². The van der Waals surface area contributed by atoms with E-state index >= 15 is 0 Å². The van der Waals surface area contributed by atoms with Crippen LogP contribution in [-0.4, -0.2) is 80.5 Å². The first-order valence-corrected chi connectivity index (χ1v) is 12.4. The van der Waals surface area contributed by atoms with Gasteiger partial charge in [-0.15, -0.1) is 23.2 Å². The third-order valence-electron chi connectivity index (χ3n) is 5.77. The van der Waals surface area contributed by atoms with Crippen molar-refractivity contribution in [1.29, 1.82) is 0 Å². The van der Waals surface area contributed by atoms with E-state index in [0.29, 0.717) is 37.7 Å². The van der Waals surface area contributed by atoms with E-state index in [4.69, 9.17) is 27.9 Å². The molecule has 0 unspecified atom stereocenters. The summed E-state index contributed by atoms with van der Waals surface area (Å²) < 4.78 is 6.34. The number of alkyl halides is 2. The van der Waals surface area contributed by atoms with Gasteiger partial charge in [-0.25, -0.2) is 4.79 Å². The van der Waals surface area contributed by atoms with Crippen LogP contribution < -0.4 is 15.9 Å². The molecule has 1 amide bonds. The van der Waals surface area contributed by atoms with Gasteiger partial charge in [-0.1, -0.05) is 12.1 Å². The van der Waals surface area contributed by atoms with Crippen molar-refractivity contribution in [3.8, 4) is 0 Å². The molecule has 1 aromatic carbocycles. The minimum absolute atomic E-state index is 0.0750. The Kier molecular flexibility index (Phi) is 10.3. The minimum atomic E-state index is -1.40. The van der Waals surface area contributed by atoms with Gasteiger partial charge in [0.05, 0.1) is 6.61 Å². The number of nitrogens with one attached hydrogen (secondary N) is 1. The second kappa shape index (κ2) is 13.2. The van der Waals surface area contributed by atoms with Gasteiger partial charge >= 0.3 is 5.69 Å². The van der Waals surface area contributed by atoms with Crippen molar-refractivity contribution in [2.24, 2.45) is 0 Å². The highest BCUT2D eigenvalue weighted by Crippen LogP contribution is 2.28. The Morgan fingerprint density at radius 2 is 1.80 bits per heavy atom. The van der Waals surface area contributed by atoms with Gasteiger partial charge in [-0.2, -0.15) is 4.98 Å². The van der Waals surface area contributed by atoms with E-state index in [0.717, 1.165) is 15.8 Å². The second-order valence-electron chi connectivity index (χ2n) is 8.16. The fourth-order valence-electron chi connectivity index (χ4n) is 3.89. The normalized spacial score (nSPS) is 21.7. The molecule has 0 aliphatic carbocycles. The van der Waals surface area contributed by atoms with Gasteiger partial charge in [-0.05, 0) is 36.6 Å². The van der Waals surface area contributed by atoms with Crippen LogP contribution in [-0.2, 0) is 16.0 Å². The van der Waals surface area contributed by atoms with Crippen LogP contribution >= 0.6 is 23.2 Å². The highest BCUT2D eigenvalue weighted by molar-refractivity contribution is 6.18. The number of ether oxygens (including phenoxy) is 1. The predicted octanol–water partition coefficient (Wildman–Crippen LogP) is 1.10. The summed E-state index contributed by atoms with van der Waals surface area (Å²) in [6.45, 7) is 0.924. The lowest BCUT2D eigenvalue weighted by Crippen LogP contribution is -2.36. The molecule has 1 aliphatic rings. The van der Waals surface area contributed by atoms with E-state index in [1.165, 1.54) is 12.3 Å². The number of carbonyl (C=O) groups excluding carboxylic acids is 1. The van der Waals surface area contributed by atoms with Gasteiger partial charge in [0, 0.05) is 43.2 Å². The molecule has 35 heavy (non-hydrogen) atoms. The Bertz CT molecular complexity index is 1020. The van der Waals surface area contributed by atoms with Crippen LogP contribution in [0.3, 0.4) is 0 Å². The number of carbonyl (C=O) groups is 1. The summed E-state index contributed by atoms with van der Waals surface area (Å²) in [6.07, 6.45) is -2.05. The molecular weight excluding hydrogens is 499 g/mol. The number of rotatable bonds is 12. The van der Waals surface area contributed by atoms with Gasteiger partial charge in [0.25, 0.3) is 0 Å². The zero-order chi connectivity index (χ0) is 25.4. The lowest BCUT2D eigenvalue weighted by atomic mass is 10.1. The summed E-state index contributed by atoms with van der Waals surface area (Å²) in [5, 5.41) is 31.7. The third-order valence-corrected chi connectivity index (χ3v) is 6.11. The largest absolute Gasteiger partial charge is 0.394 e. The Balaban J connectivity index is 1.49. The number of anilines is 2. The van der Waals surface area contributed by atoms with E-state index < -0.39 is 36.8 Å². The van der Waals surface area contributed by atoms with Crippen molar-refractivity contribution >= 4 is 40.6 Å². The molecule has 2 heterocycles. The molecule has 2 aromatic rings. The molecule has 1 saturated heterocycles. The standard InChI is InChI=1S/C23H30Cl2N4O6/c24-9-12-28(13-10-25)16-6-4-15(5-7-16)2-1-3-19(31)26-18-8-11-29(23(34)27-18)22-21(33)20(32)17(14-30)35-22/h4-8,11,17,20-22,30,32-33H,1-3,9-10,12-14H2,(H,26,27,31,34)/t17-,20-,21+,22-/m1/s1. The summed E-state index contributed by atoms with van der Waals surface area (Å²) in [4.78, 5) is 30.6. The fourth-order valence-corrected chi connectivity index (χ4v) is 4.30. The van der Waals surface area contributed by atoms with E-state index in [1.807, 2.05) is 24.3 Å². The molecule has 0 bridgehead atoms. The molecule has 1 aromatic heterocycles. The van der Waals surface area contributed by atoms with Crippen LogP contribution in [0.25, 0.3) is 0 Å². The first kappa shape index (κ1) is 27.4. The molecule has 3 rings (SSSR count). The number of hydrogen-bond donors (Lipinski definition) is 4. The maximum absolute atomic E-state index is 12.4. The van der Waals surface area contributed by atoms with Crippen molar-refractivity contribution in [3.05, 3.63) is 52.6 Å². The topological polar surface area (TPSA) is 137 Å². The number of hydrogen-bond acceptors (Lipinski definition) is 8. The molecule has 4 atom stereocenters. The number of aryl methyl sites for hydroxylation is 1. The lowest BCUT2D eigenvalue weighted by Gasteiger charge is -2.23. The summed E-state index contributed by atoms with van der Waals surface area (Å²) in [7, 11) is 0. The van der Waals surface area contributed by atoms with Gasteiger partial charge < -0.3 is 30.3 Å². The molecule has 1 fully saturated rings. The number of benzene rings is 1. The summed E-state index contributed by atoms with van der Waals surface area (Å²) >= 11 is 11.7. The minimum Gasteiger partial charge on any atom is -0.394 e. The van der Waals surface area contributed by atoms with Crippen molar-refractivity contribution < 1.29 is 24.9 Å². The molecule has 12 heteroatoms. The molecule has 192 valence electrons. The Hall–Kier alpha value is -2.21. The van der Waals surface area contributed by atoms with E-state index in [1.54, 1.807) is 0 Å². The molecule has 0 saturated carbocycles. The first-order valence-electron chi connectivity index (χ1n) is 11.3. The zero-order valence-electron chi connectivity index (χ0n) is 19.1. The Labute approximate surface area is 213 Å². The Morgan fingerprint density at radius 1 is 1.11 bits per heavy atom. The quantitative estimate of drug-likeness (QED) is 0.300. The van der Waals surface area contributed by atoms with E-state index in [2.05, 4.69) is 15.2 Å². The summed E-state index contributed by atoms with van der Waals surface area (Å²) in [6, 6.07) is 9.46. The molecule has 0 spiro atoms. The summed E-state index contributed by atoms with van der Waals surface area (Å²) in [5.74, 6) is 0.823. The average molecular weight is 529 g/mol. The van der Waals surface area contributed by atoms with Crippen molar-refractivity contribution in [2.45, 2.75) is 43.8 Å². The molecule has 1 aliphatic heterocycles. The molecule has 10 nitrogen and oxygen atoms in total. The van der Waals surface area contributed by atoms with Crippen molar-refractivity contribution in [1.82, 2.24) is 9.55 Å². The lowest BCUT2D eigenvalue weighted by molar-refractivity contribution is -0.116. The summed E-state index contributed by atoms with van der Waals surface area (Å²) in [5.41, 5.74) is 1.37.